The number of hydrogen-bond donors (Lipinski definition) is 1. The monoisotopic (exact) mass is 499 g/mol. The second-order valence-corrected chi connectivity index (χ2v) is 10.9. The van der Waals surface area contributed by atoms with E-state index in [0.29, 0.717) is 45.4 Å². The van der Waals surface area contributed by atoms with Gasteiger partial charge in [0.05, 0.1) is 4.90 Å². The summed E-state index contributed by atoms with van der Waals surface area (Å²) >= 11 is 0. The third-order valence-electron chi connectivity index (χ3n) is 6.59. The minimum Gasteiger partial charge on any atom is -0.353 e. The first-order chi connectivity index (χ1) is 16.8. The van der Waals surface area contributed by atoms with Crippen molar-refractivity contribution >= 4 is 21.8 Å². The highest BCUT2D eigenvalue weighted by molar-refractivity contribution is 7.89. The number of carbonyl (C=O) groups is 2. The molecule has 190 valence electrons. The van der Waals surface area contributed by atoms with Gasteiger partial charge in [-0.1, -0.05) is 56.3 Å². The van der Waals surface area contributed by atoms with Gasteiger partial charge in [0.2, 0.25) is 21.8 Å². The zero-order valence-electron chi connectivity index (χ0n) is 20.8. The summed E-state index contributed by atoms with van der Waals surface area (Å²) in [6, 6.07) is 16.9. The lowest BCUT2D eigenvalue weighted by Gasteiger charge is -2.32. The molecule has 0 radical (unpaired) electrons. The number of amides is 2. The second kappa shape index (κ2) is 12.8. The Morgan fingerprint density at radius 3 is 2.06 bits per heavy atom. The average Bonchev–Trinajstić information content (AvgIpc) is 2.88. The lowest BCUT2D eigenvalue weighted by atomic mass is 10.0. The average molecular weight is 500 g/mol. The number of hydrogen-bond acceptors (Lipinski definition) is 4. The topological polar surface area (TPSA) is 86.8 Å². The SMILES string of the molecule is CCN(CC)S(=O)(=O)c1ccc(CCC(=O)N2CCC(NC(=O)CCc3ccccc3)CC2)cc1. The lowest BCUT2D eigenvalue weighted by molar-refractivity contribution is -0.132. The van der Waals surface area contributed by atoms with Crippen LogP contribution in [0.15, 0.2) is 59.5 Å². The number of nitrogens with one attached hydrogen (secondary N) is 1. The van der Waals surface area contributed by atoms with Crippen molar-refractivity contribution in [1.82, 2.24) is 14.5 Å². The highest BCUT2D eigenvalue weighted by Crippen LogP contribution is 2.18. The van der Waals surface area contributed by atoms with Crippen LogP contribution in [0.25, 0.3) is 0 Å². The Bertz CT molecular complexity index is 1060. The Morgan fingerprint density at radius 2 is 1.46 bits per heavy atom. The fourth-order valence-corrected chi connectivity index (χ4v) is 5.88. The molecule has 1 aliphatic heterocycles. The van der Waals surface area contributed by atoms with E-state index in [-0.39, 0.29) is 22.8 Å². The molecule has 1 heterocycles. The van der Waals surface area contributed by atoms with Crippen LogP contribution in [0, 0.1) is 0 Å². The van der Waals surface area contributed by atoms with E-state index >= 15 is 0 Å². The Kier molecular flexibility index (Phi) is 9.86. The lowest BCUT2D eigenvalue weighted by Crippen LogP contribution is -2.46. The molecule has 1 fully saturated rings. The number of nitrogens with zero attached hydrogens (tertiary/aromatic N) is 2. The van der Waals surface area contributed by atoms with Crippen molar-refractivity contribution in [3.8, 4) is 0 Å². The summed E-state index contributed by atoms with van der Waals surface area (Å²) in [7, 11) is -3.47. The Morgan fingerprint density at radius 1 is 0.886 bits per heavy atom. The zero-order chi connectivity index (χ0) is 25.3. The first kappa shape index (κ1) is 26.9. The van der Waals surface area contributed by atoms with E-state index in [1.807, 2.05) is 49.1 Å². The van der Waals surface area contributed by atoms with Gasteiger partial charge in [-0.2, -0.15) is 4.31 Å². The van der Waals surface area contributed by atoms with Crippen LogP contribution >= 0.6 is 0 Å². The molecule has 2 amide bonds. The summed E-state index contributed by atoms with van der Waals surface area (Å²) in [5, 5.41) is 3.11. The van der Waals surface area contributed by atoms with Gasteiger partial charge in [0, 0.05) is 45.1 Å². The van der Waals surface area contributed by atoms with Crippen molar-refractivity contribution in [2.24, 2.45) is 0 Å². The van der Waals surface area contributed by atoms with Crippen LogP contribution in [0.4, 0.5) is 0 Å². The quantitative estimate of drug-likeness (QED) is 0.514. The fourth-order valence-electron chi connectivity index (χ4n) is 4.43. The van der Waals surface area contributed by atoms with Crippen molar-refractivity contribution in [3.63, 3.8) is 0 Å². The van der Waals surface area contributed by atoms with E-state index < -0.39 is 10.0 Å². The van der Waals surface area contributed by atoms with Gasteiger partial charge in [-0.05, 0) is 48.9 Å². The van der Waals surface area contributed by atoms with Crippen molar-refractivity contribution in [1.29, 1.82) is 0 Å². The van der Waals surface area contributed by atoms with Crippen LogP contribution in [-0.2, 0) is 32.5 Å². The fraction of sp³-hybridized carbons (Fsp3) is 0.481. The van der Waals surface area contributed by atoms with Gasteiger partial charge in [0.15, 0.2) is 0 Å². The van der Waals surface area contributed by atoms with E-state index in [0.717, 1.165) is 30.4 Å². The first-order valence-electron chi connectivity index (χ1n) is 12.5. The molecule has 35 heavy (non-hydrogen) atoms. The molecule has 1 aliphatic rings. The van der Waals surface area contributed by atoms with Crippen LogP contribution in [-0.4, -0.2) is 61.7 Å². The minimum atomic E-state index is -3.47. The Balaban J connectivity index is 1.39. The largest absolute Gasteiger partial charge is 0.353 e. The number of aryl methyl sites for hydroxylation is 2. The standard InChI is InChI=1S/C27H37N3O4S/c1-3-30(4-2)35(33,34)25-14-10-23(11-15-25)13-17-27(32)29-20-18-24(19-21-29)28-26(31)16-12-22-8-6-5-7-9-22/h5-11,14-15,24H,3-4,12-13,16-21H2,1-2H3,(H,28,31). The maximum atomic E-state index is 12.7. The number of sulfonamides is 1. The molecular weight excluding hydrogens is 462 g/mol. The Labute approximate surface area is 209 Å². The predicted octanol–water partition coefficient (Wildman–Crippen LogP) is 3.39. The molecule has 8 heteroatoms. The normalized spacial score (nSPS) is 14.8. The Hall–Kier alpha value is -2.71. The van der Waals surface area contributed by atoms with Crippen LogP contribution in [0.5, 0.6) is 0 Å². The molecule has 0 aromatic heterocycles. The predicted molar refractivity (Wildman–Crippen MR) is 137 cm³/mol. The van der Waals surface area contributed by atoms with Gasteiger partial charge < -0.3 is 10.2 Å². The van der Waals surface area contributed by atoms with Gasteiger partial charge >= 0.3 is 0 Å². The van der Waals surface area contributed by atoms with E-state index in [9.17, 15) is 18.0 Å². The zero-order valence-corrected chi connectivity index (χ0v) is 21.6. The third-order valence-corrected chi connectivity index (χ3v) is 8.65. The molecule has 1 N–H and O–H groups in total. The number of piperidine rings is 1. The summed E-state index contributed by atoms with van der Waals surface area (Å²) in [5.41, 5.74) is 2.10. The molecular formula is C27H37N3O4S. The van der Waals surface area contributed by atoms with Crippen molar-refractivity contribution in [2.45, 2.75) is 63.3 Å². The summed E-state index contributed by atoms with van der Waals surface area (Å²) in [4.78, 5) is 27.1. The van der Waals surface area contributed by atoms with Crippen molar-refractivity contribution in [2.75, 3.05) is 26.2 Å². The van der Waals surface area contributed by atoms with Gasteiger partial charge in [0.1, 0.15) is 0 Å². The van der Waals surface area contributed by atoms with Crippen LogP contribution < -0.4 is 5.32 Å². The molecule has 2 aromatic rings. The molecule has 0 aliphatic carbocycles. The van der Waals surface area contributed by atoms with Gasteiger partial charge in [0.25, 0.3) is 0 Å². The molecule has 2 aromatic carbocycles. The maximum Gasteiger partial charge on any atom is 0.243 e. The van der Waals surface area contributed by atoms with E-state index in [2.05, 4.69) is 5.32 Å². The van der Waals surface area contributed by atoms with Gasteiger partial charge in [-0.25, -0.2) is 8.42 Å². The molecule has 0 atom stereocenters. The molecule has 1 saturated heterocycles. The van der Waals surface area contributed by atoms with Crippen LogP contribution in [0.1, 0.15) is 50.7 Å². The summed E-state index contributed by atoms with van der Waals surface area (Å²) in [6.07, 6.45) is 3.68. The highest BCUT2D eigenvalue weighted by Gasteiger charge is 2.24. The van der Waals surface area contributed by atoms with Crippen LogP contribution in [0.2, 0.25) is 0 Å². The third kappa shape index (κ3) is 7.64. The number of likely N-dealkylation sites (tertiary alicyclic amines) is 1. The second-order valence-electron chi connectivity index (χ2n) is 8.94. The molecule has 0 unspecified atom stereocenters. The number of benzene rings is 2. The molecule has 0 bridgehead atoms. The summed E-state index contributed by atoms with van der Waals surface area (Å²) in [5.74, 6) is 0.156. The number of rotatable bonds is 11. The van der Waals surface area contributed by atoms with Gasteiger partial charge in [-0.3, -0.25) is 9.59 Å². The van der Waals surface area contributed by atoms with E-state index in [1.54, 1.807) is 24.3 Å². The first-order valence-corrected chi connectivity index (χ1v) is 14.0. The summed E-state index contributed by atoms with van der Waals surface area (Å²) < 4.78 is 26.7. The van der Waals surface area contributed by atoms with Crippen molar-refractivity contribution in [3.05, 3.63) is 65.7 Å². The van der Waals surface area contributed by atoms with Crippen molar-refractivity contribution < 1.29 is 18.0 Å². The number of carbonyl (C=O) groups excluding carboxylic acids is 2. The van der Waals surface area contributed by atoms with Crippen LogP contribution in [0.3, 0.4) is 0 Å². The molecule has 0 spiro atoms. The van der Waals surface area contributed by atoms with Gasteiger partial charge in [-0.15, -0.1) is 0 Å². The van der Waals surface area contributed by atoms with E-state index in [1.165, 1.54) is 4.31 Å². The van der Waals surface area contributed by atoms with E-state index in [4.69, 9.17) is 0 Å². The summed E-state index contributed by atoms with van der Waals surface area (Å²) in [6.45, 7) is 5.80. The smallest absolute Gasteiger partial charge is 0.243 e. The highest BCUT2D eigenvalue weighted by atomic mass is 32.2. The minimum absolute atomic E-state index is 0.0603. The molecule has 7 nitrogen and oxygen atoms in total. The maximum absolute atomic E-state index is 12.7. The molecule has 0 saturated carbocycles. The molecule has 3 rings (SSSR count).